The second-order valence-electron chi connectivity index (χ2n) is 7.94. The maximum Gasteiger partial charge on any atom is 0.308 e. The number of nitrogens with one attached hydrogen (secondary N) is 2. The number of carbonyl (C=O) groups is 2. The van der Waals surface area contributed by atoms with E-state index in [1.54, 1.807) is 13.8 Å². The molecule has 2 aromatic carbocycles. The van der Waals surface area contributed by atoms with Gasteiger partial charge < -0.3 is 19.5 Å². The summed E-state index contributed by atoms with van der Waals surface area (Å²) in [5, 5.41) is 2.81. The minimum atomic E-state index is -3.87. The van der Waals surface area contributed by atoms with Crippen LogP contribution in [0.1, 0.15) is 43.9 Å². The molecule has 1 unspecified atom stereocenters. The van der Waals surface area contributed by atoms with Crippen LogP contribution >= 0.6 is 0 Å². The molecular weight excluding hydrogens is 460 g/mol. The van der Waals surface area contributed by atoms with Gasteiger partial charge in [-0.15, -0.1) is 0 Å². The Bertz CT molecular complexity index is 1080. The fourth-order valence-corrected chi connectivity index (χ4v) is 4.21. The van der Waals surface area contributed by atoms with E-state index in [0.717, 1.165) is 11.1 Å². The van der Waals surface area contributed by atoms with Gasteiger partial charge in [-0.1, -0.05) is 29.8 Å². The van der Waals surface area contributed by atoms with Gasteiger partial charge in [-0.2, -0.15) is 0 Å². The molecule has 9 nitrogen and oxygen atoms in total. The third-order valence-corrected chi connectivity index (χ3v) is 6.32. The molecular formula is C24H32N2O7S. The summed E-state index contributed by atoms with van der Waals surface area (Å²) in [5.74, 6) is -0.163. The zero-order chi connectivity index (χ0) is 25.3. The molecule has 0 heterocycles. The van der Waals surface area contributed by atoms with Gasteiger partial charge in [-0.25, -0.2) is 13.1 Å². The highest BCUT2D eigenvalue weighted by atomic mass is 32.2. The Morgan fingerprint density at radius 3 is 2.21 bits per heavy atom. The lowest BCUT2D eigenvalue weighted by atomic mass is 10.0. The summed E-state index contributed by atoms with van der Waals surface area (Å²) in [6.45, 7) is 5.32. The molecule has 186 valence electrons. The first kappa shape index (κ1) is 27.1. The van der Waals surface area contributed by atoms with Crippen LogP contribution in [0.5, 0.6) is 11.5 Å². The van der Waals surface area contributed by atoms with Crippen LogP contribution in [-0.4, -0.2) is 47.2 Å². The smallest absolute Gasteiger partial charge is 0.308 e. The zero-order valence-electron chi connectivity index (χ0n) is 20.1. The third kappa shape index (κ3) is 8.03. The highest BCUT2D eigenvalue weighted by molar-refractivity contribution is 7.89. The molecule has 0 spiro atoms. The molecule has 2 N–H and O–H groups in total. The number of carbonyl (C=O) groups excluding carboxylic acids is 2. The summed E-state index contributed by atoms with van der Waals surface area (Å²) < 4.78 is 43.1. The Labute approximate surface area is 200 Å². The SMILES string of the molecule is COc1ccc(S(=O)(=O)NCCC(=O)NC(CC(=O)OC(C)C)c2ccc(C)cc2)cc1OC. The van der Waals surface area contributed by atoms with Crippen LogP contribution in [0.3, 0.4) is 0 Å². The van der Waals surface area contributed by atoms with Crippen LogP contribution in [0.15, 0.2) is 47.4 Å². The second-order valence-corrected chi connectivity index (χ2v) is 9.71. The number of esters is 1. The molecule has 10 heteroatoms. The molecule has 0 radical (unpaired) electrons. The summed E-state index contributed by atoms with van der Waals surface area (Å²) in [6, 6.07) is 11.1. The van der Waals surface area contributed by atoms with E-state index in [2.05, 4.69) is 10.0 Å². The number of hydrogen-bond donors (Lipinski definition) is 2. The minimum Gasteiger partial charge on any atom is -0.493 e. The zero-order valence-corrected chi connectivity index (χ0v) is 20.9. The Morgan fingerprint density at radius 1 is 0.971 bits per heavy atom. The summed E-state index contributed by atoms with van der Waals surface area (Å²) in [7, 11) is -1.01. The quantitative estimate of drug-likeness (QED) is 0.437. The highest BCUT2D eigenvalue weighted by Crippen LogP contribution is 2.29. The molecule has 34 heavy (non-hydrogen) atoms. The maximum atomic E-state index is 12.6. The molecule has 1 amide bonds. The molecule has 0 aromatic heterocycles. The first-order chi connectivity index (χ1) is 16.1. The predicted molar refractivity (Wildman–Crippen MR) is 127 cm³/mol. The summed E-state index contributed by atoms with van der Waals surface area (Å²) in [5.41, 5.74) is 1.80. The molecule has 0 aliphatic carbocycles. The number of rotatable bonds is 12. The van der Waals surface area contributed by atoms with Crippen LogP contribution in [0.2, 0.25) is 0 Å². The van der Waals surface area contributed by atoms with E-state index in [1.807, 2.05) is 31.2 Å². The standard InChI is InChI=1S/C24H32N2O7S/c1-16(2)33-24(28)15-20(18-8-6-17(3)7-9-18)26-23(27)12-13-25-34(29,30)19-10-11-21(31-4)22(14-19)32-5/h6-11,14,16,20,25H,12-13,15H2,1-5H3,(H,26,27). The van der Waals surface area contributed by atoms with Gasteiger partial charge in [0.1, 0.15) is 0 Å². The molecule has 2 aromatic rings. The number of benzene rings is 2. The monoisotopic (exact) mass is 492 g/mol. The van der Waals surface area contributed by atoms with Crippen LogP contribution in [0, 0.1) is 6.92 Å². The number of sulfonamides is 1. The Morgan fingerprint density at radius 2 is 1.62 bits per heavy atom. The average molecular weight is 493 g/mol. The lowest BCUT2D eigenvalue weighted by Crippen LogP contribution is -2.34. The number of ether oxygens (including phenoxy) is 3. The molecule has 0 saturated carbocycles. The first-order valence-corrected chi connectivity index (χ1v) is 12.3. The van der Waals surface area contributed by atoms with Gasteiger partial charge in [0, 0.05) is 19.0 Å². The molecule has 2 rings (SSSR count). The fraction of sp³-hybridized carbons (Fsp3) is 0.417. The van der Waals surface area contributed by atoms with E-state index >= 15 is 0 Å². The van der Waals surface area contributed by atoms with Crippen LogP contribution < -0.4 is 19.5 Å². The van der Waals surface area contributed by atoms with Crippen LogP contribution in [-0.2, 0) is 24.3 Å². The fourth-order valence-electron chi connectivity index (χ4n) is 3.16. The summed E-state index contributed by atoms with van der Waals surface area (Å²) >= 11 is 0. The van der Waals surface area contributed by atoms with Crippen molar-refractivity contribution in [2.45, 2.75) is 50.7 Å². The van der Waals surface area contributed by atoms with Crippen molar-refractivity contribution in [1.82, 2.24) is 10.0 Å². The number of amides is 1. The second kappa shape index (κ2) is 12.4. The number of aryl methyl sites for hydroxylation is 1. The summed E-state index contributed by atoms with van der Waals surface area (Å²) in [4.78, 5) is 24.8. The largest absolute Gasteiger partial charge is 0.493 e. The van der Waals surface area contributed by atoms with Crippen LogP contribution in [0.25, 0.3) is 0 Å². The van der Waals surface area contributed by atoms with Crippen molar-refractivity contribution in [3.8, 4) is 11.5 Å². The summed E-state index contributed by atoms with van der Waals surface area (Å²) in [6.07, 6.45) is -0.425. The van der Waals surface area contributed by atoms with Gasteiger partial charge in [0.15, 0.2) is 11.5 Å². The van der Waals surface area contributed by atoms with Crippen LogP contribution in [0.4, 0.5) is 0 Å². The molecule has 1 atom stereocenters. The van der Waals surface area contributed by atoms with Gasteiger partial charge in [0.2, 0.25) is 15.9 Å². The molecule has 0 aliphatic rings. The Balaban J connectivity index is 2.02. The van der Waals surface area contributed by atoms with E-state index < -0.39 is 27.9 Å². The van der Waals surface area contributed by atoms with Crippen molar-refractivity contribution in [2.24, 2.45) is 0 Å². The van der Waals surface area contributed by atoms with E-state index in [1.165, 1.54) is 32.4 Å². The van der Waals surface area contributed by atoms with Gasteiger partial charge in [-0.05, 0) is 38.5 Å². The van der Waals surface area contributed by atoms with Gasteiger partial charge >= 0.3 is 5.97 Å². The van der Waals surface area contributed by atoms with E-state index in [0.29, 0.717) is 5.75 Å². The van der Waals surface area contributed by atoms with Crippen molar-refractivity contribution >= 4 is 21.9 Å². The van der Waals surface area contributed by atoms with Crippen molar-refractivity contribution in [3.05, 3.63) is 53.6 Å². The van der Waals surface area contributed by atoms with E-state index in [9.17, 15) is 18.0 Å². The predicted octanol–water partition coefficient (Wildman–Crippen LogP) is 2.88. The lowest BCUT2D eigenvalue weighted by Gasteiger charge is -2.20. The normalized spacial score (nSPS) is 12.2. The number of hydrogen-bond acceptors (Lipinski definition) is 7. The Hall–Kier alpha value is -3.11. The molecule has 0 aliphatic heterocycles. The van der Waals surface area contributed by atoms with Gasteiger partial charge in [0.25, 0.3) is 0 Å². The minimum absolute atomic E-state index is 0.0143. The third-order valence-electron chi connectivity index (χ3n) is 4.86. The number of methoxy groups -OCH3 is 2. The molecule has 0 fully saturated rings. The first-order valence-electron chi connectivity index (χ1n) is 10.8. The Kier molecular flexibility index (Phi) is 9.88. The van der Waals surface area contributed by atoms with Crippen molar-refractivity contribution < 1.29 is 32.2 Å². The molecule has 0 saturated heterocycles. The van der Waals surface area contributed by atoms with Crippen molar-refractivity contribution in [3.63, 3.8) is 0 Å². The van der Waals surface area contributed by atoms with Gasteiger partial charge in [-0.3, -0.25) is 9.59 Å². The van der Waals surface area contributed by atoms with E-state index in [-0.39, 0.29) is 36.1 Å². The topological polar surface area (TPSA) is 120 Å². The van der Waals surface area contributed by atoms with Crippen molar-refractivity contribution in [2.75, 3.05) is 20.8 Å². The van der Waals surface area contributed by atoms with E-state index in [4.69, 9.17) is 14.2 Å². The van der Waals surface area contributed by atoms with Gasteiger partial charge in [0.05, 0.1) is 37.7 Å². The average Bonchev–Trinajstić information content (AvgIpc) is 2.78. The molecule has 0 bridgehead atoms. The maximum absolute atomic E-state index is 12.6. The highest BCUT2D eigenvalue weighted by Gasteiger charge is 2.21. The lowest BCUT2D eigenvalue weighted by molar-refractivity contribution is -0.148. The van der Waals surface area contributed by atoms with Crippen molar-refractivity contribution in [1.29, 1.82) is 0 Å².